The molecule has 1 aliphatic carbocycles. The van der Waals surface area contributed by atoms with Gasteiger partial charge in [-0.05, 0) is 43.2 Å². The van der Waals surface area contributed by atoms with Crippen molar-refractivity contribution in [2.24, 2.45) is 11.8 Å². The number of aromatic carboxylic acids is 1. The fraction of sp³-hybridized carbons (Fsp3) is 0.533. The summed E-state index contributed by atoms with van der Waals surface area (Å²) in [4.78, 5) is 11.2. The molecule has 2 atom stereocenters. The lowest BCUT2D eigenvalue weighted by atomic mass is 9.82. The second-order valence-corrected chi connectivity index (χ2v) is 5.80. The molecule has 2 unspecified atom stereocenters. The number of hydrogen-bond acceptors (Lipinski definition) is 3. The first-order chi connectivity index (χ1) is 9.38. The van der Waals surface area contributed by atoms with Gasteiger partial charge in [-0.2, -0.15) is 0 Å². The summed E-state index contributed by atoms with van der Waals surface area (Å²) < 4.78 is 19.2. The highest BCUT2D eigenvalue weighted by Gasteiger charge is 2.27. The van der Waals surface area contributed by atoms with Crippen molar-refractivity contribution in [3.05, 3.63) is 23.5 Å². The average molecular weight is 281 g/mol. The van der Waals surface area contributed by atoms with E-state index in [1.807, 2.05) is 0 Å². The molecule has 20 heavy (non-hydrogen) atoms. The Hall–Kier alpha value is -1.78. The quantitative estimate of drug-likeness (QED) is 0.834. The Morgan fingerprint density at radius 1 is 1.30 bits per heavy atom. The minimum atomic E-state index is -1.27. The molecule has 1 fully saturated rings. The van der Waals surface area contributed by atoms with Crippen LogP contribution in [-0.4, -0.2) is 17.2 Å². The van der Waals surface area contributed by atoms with Gasteiger partial charge in [-0.1, -0.05) is 13.8 Å². The number of carbonyl (C=O) groups is 1. The van der Waals surface area contributed by atoms with Gasteiger partial charge in [0.15, 0.2) is 0 Å². The maximum atomic E-state index is 13.4. The van der Waals surface area contributed by atoms with Crippen molar-refractivity contribution in [1.29, 1.82) is 0 Å². The van der Waals surface area contributed by atoms with Crippen molar-refractivity contribution in [3.8, 4) is 5.75 Å². The van der Waals surface area contributed by atoms with Gasteiger partial charge in [-0.15, -0.1) is 0 Å². The van der Waals surface area contributed by atoms with Crippen LogP contribution in [0.25, 0.3) is 0 Å². The van der Waals surface area contributed by atoms with E-state index in [2.05, 4.69) is 13.8 Å². The van der Waals surface area contributed by atoms with E-state index in [0.717, 1.165) is 25.3 Å². The number of halogens is 1. The van der Waals surface area contributed by atoms with Crippen LogP contribution >= 0.6 is 0 Å². The van der Waals surface area contributed by atoms with Crippen molar-refractivity contribution in [1.82, 2.24) is 0 Å². The molecule has 0 radical (unpaired) electrons. The zero-order chi connectivity index (χ0) is 14.9. The largest absolute Gasteiger partial charge is 0.489 e. The molecule has 0 saturated heterocycles. The number of carboxylic acid groups (broad SMARTS) is 1. The van der Waals surface area contributed by atoms with Crippen molar-refractivity contribution in [2.75, 3.05) is 5.73 Å². The Kier molecular flexibility index (Phi) is 4.16. The van der Waals surface area contributed by atoms with Gasteiger partial charge in [0, 0.05) is 0 Å². The number of nitrogen functional groups attached to an aromatic ring is 1. The summed E-state index contributed by atoms with van der Waals surface area (Å²) in [5, 5.41) is 9.18. The number of anilines is 1. The summed E-state index contributed by atoms with van der Waals surface area (Å²) in [6.07, 6.45) is 2.86. The van der Waals surface area contributed by atoms with Crippen molar-refractivity contribution in [3.63, 3.8) is 0 Å². The first-order valence-corrected chi connectivity index (χ1v) is 6.86. The fourth-order valence-electron chi connectivity index (χ4n) is 3.04. The topological polar surface area (TPSA) is 72.5 Å². The number of carboxylic acids is 1. The fourth-order valence-corrected chi connectivity index (χ4v) is 3.04. The molecule has 5 heteroatoms. The van der Waals surface area contributed by atoms with Gasteiger partial charge in [0.2, 0.25) is 0 Å². The number of rotatable bonds is 3. The zero-order valence-corrected chi connectivity index (χ0v) is 11.7. The predicted molar refractivity (Wildman–Crippen MR) is 74.4 cm³/mol. The van der Waals surface area contributed by atoms with Crippen LogP contribution in [0.5, 0.6) is 5.75 Å². The summed E-state index contributed by atoms with van der Waals surface area (Å²) in [6, 6.07) is 2.49. The number of ether oxygens (including phenoxy) is 1. The van der Waals surface area contributed by atoms with Gasteiger partial charge in [-0.3, -0.25) is 0 Å². The number of benzene rings is 1. The normalized spacial score (nSPS) is 26.2. The minimum Gasteiger partial charge on any atom is -0.489 e. The Morgan fingerprint density at radius 2 is 1.90 bits per heavy atom. The molecule has 3 N–H and O–H groups in total. The van der Waals surface area contributed by atoms with E-state index in [1.54, 1.807) is 0 Å². The first-order valence-electron chi connectivity index (χ1n) is 6.86. The van der Waals surface area contributed by atoms with Gasteiger partial charge in [0.05, 0.1) is 11.8 Å². The summed E-state index contributed by atoms with van der Waals surface area (Å²) in [7, 11) is 0. The van der Waals surface area contributed by atoms with E-state index >= 15 is 0 Å². The molecule has 0 aliphatic heterocycles. The zero-order valence-electron chi connectivity index (χ0n) is 11.7. The summed E-state index contributed by atoms with van der Waals surface area (Å²) in [6.45, 7) is 4.31. The lowest BCUT2D eigenvalue weighted by Crippen LogP contribution is -2.29. The lowest BCUT2D eigenvalue weighted by molar-refractivity contribution is 0.0676. The third-order valence-corrected chi connectivity index (χ3v) is 3.80. The Bertz CT molecular complexity index is 508. The van der Waals surface area contributed by atoms with E-state index in [4.69, 9.17) is 10.5 Å². The smallest absolute Gasteiger partial charge is 0.341 e. The van der Waals surface area contributed by atoms with Crippen LogP contribution in [0.1, 0.15) is 43.5 Å². The third kappa shape index (κ3) is 3.03. The van der Waals surface area contributed by atoms with E-state index in [-0.39, 0.29) is 23.1 Å². The summed E-state index contributed by atoms with van der Waals surface area (Å²) >= 11 is 0. The summed E-state index contributed by atoms with van der Waals surface area (Å²) in [5.74, 6) is -0.776. The molecule has 110 valence electrons. The molecule has 1 aliphatic rings. The molecule has 0 spiro atoms. The van der Waals surface area contributed by atoms with Crippen LogP contribution in [0.15, 0.2) is 12.1 Å². The molecule has 1 aromatic rings. The summed E-state index contributed by atoms with van der Waals surface area (Å²) in [5.41, 5.74) is 4.86. The van der Waals surface area contributed by atoms with Crippen LogP contribution in [0.2, 0.25) is 0 Å². The highest BCUT2D eigenvalue weighted by Crippen LogP contribution is 2.34. The maximum Gasteiger partial charge on any atom is 0.341 e. The molecule has 0 amide bonds. The van der Waals surface area contributed by atoms with Gasteiger partial charge in [0.25, 0.3) is 0 Å². The van der Waals surface area contributed by atoms with Gasteiger partial charge in [0.1, 0.15) is 17.1 Å². The first kappa shape index (κ1) is 14.6. The standard InChI is InChI=1S/C15H20FNO3/c1-8-5-9(2)7-10(6-8)20-12-4-3-11(16)14(17)13(12)15(18)19/h3-4,8-10H,5-7,17H2,1-2H3,(H,18,19). The van der Waals surface area contributed by atoms with Crippen LogP contribution in [-0.2, 0) is 0 Å². The van der Waals surface area contributed by atoms with Crippen molar-refractivity contribution >= 4 is 11.7 Å². The maximum absolute atomic E-state index is 13.4. The molecule has 1 saturated carbocycles. The molecule has 0 bridgehead atoms. The van der Waals surface area contributed by atoms with E-state index in [1.165, 1.54) is 6.07 Å². The van der Waals surface area contributed by atoms with Gasteiger partial charge in [-0.25, -0.2) is 9.18 Å². The lowest BCUT2D eigenvalue weighted by Gasteiger charge is -2.32. The van der Waals surface area contributed by atoms with E-state index in [9.17, 15) is 14.3 Å². The van der Waals surface area contributed by atoms with Crippen LogP contribution in [0.3, 0.4) is 0 Å². The minimum absolute atomic E-state index is 0.0447. The number of hydrogen-bond donors (Lipinski definition) is 2. The molecule has 1 aromatic carbocycles. The second-order valence-electron chi connectivity index (χ2n) is 5.80. The molecular weight excluding hydrogens is 261 g/mol. The van der Waals surface area contributed by atoms with Crippen LogP contribution < -0.4 is 10.5 Å². The molecule has 2 rings (SSSR count). The van der Waals surface area contributed by atoms with Crippen LogP contribution in [0.4, 0.5) is 10.1 Å². The van der Waals surface area contributed by atoms with E-state index in [0.29, 0.717) is 11.8 Å². The Morgan fingerprint density at radius 3 is 2.45 bits per heavy atom. The highest BCUT2D eigenvalue weighted by atomic mass is 19.1. The molecule has 0 heterocycles. The van der Waals surface area contributed by atoms with Crippen molar-refractivity contribution in [2.45, 2.75) is 39.2 Å². The van der Waals surface area contributed by atoms with Gasteiger partial charge >= 0.3 is 5.97 Å². The Labute approximate surface area is 117 Å². The SMILES string of the molecule is CC1CC(C)CC(Oc2ccc(F)c(N)c2C(=O)O)C1. The Balaban J connectivity index is 2.25. The predicted octanol–water partition coefficient (Wildman–Crippen LogP) is 3.31. The average Bonchev–Trinajstić information content (AvgIpc) is 2.32. The van der Waals surface area contributed by atoms with Crippen LogP contribution in [0, 0.1) is 17.7 Å². The molecular formula is C15H20FNO3. The van der Waals surface area contributed by atoms with E-state index < -0.39 is 11.8 Å². The monoisotopic (exact) mass is 281 g/mol. The molecule has 0 aromatic heterocycles. The third-order valence-electron chi connectivity index (χ3n) is 3.80. The molecule has 4 nitrogen and oxygen atoms in total. The van der Waals surface area contributed by atoms with Crippen molar-refractivity contribution < 1.29 is 19.0 Å². The van der Waals surface area contributed by atoms with Gasteiger partial charge < -0.3 is 15.6 Å². The number of nitrogens with two attached hydrogens (primary N) is 1. The highest BCUT2D eigenvalue weighted by molar-refractivity contribution is 5.96. The second kappa shape index (κ2) is 5.69.